The van der Waals surface area contributed by atoms with Crippen molar-refractivity contribution in [2.75, 3.05) is 0 Å². The smallest absolute Gasteiger partial charge is 0.183 e. The Balaban J connectivity index is 2.00. The molecular formula is C15H14N2O. The van der Waals surface area contributed by atoms with Crippen molar-refractivity contribution in [3.05, 3.63) is 60.2 Å². The van der Waals surface area contributed by atoms with Crippen LogP contribution in [0.3, 0.4) is 0 Å². The first kappa shape index (κ1) is 11.0. The van der Waals surface area contributed by atoms with Crippen LogP contribution in [-0.2, 0) is 6.54 Å². The van der Waals surface area contributed by atoms with Crippen molar-refractivity contribution >= 4 is 11.4 Å². The number of rotatable bonds is 2. The first-order valence-corrected chi connectivity index (χ1v) is 6.06. The van der Waals surface area contributed by atoms with Crippen LogP contribution >= 0.6 is 0 Å². The molecule has 1 aromatic carbocycles. The molecule has 1 aliphatic carbocycles. The zero-order valence-corrected chi connectivity index (χ0v) is 10.1. The van der Waals surface area contributed by atoms with Crippen LogP contribution in [0.15, 0.2) is 43.2 Å². The molecule has 90 valence electrons. The number of hydrogen-bond acceptors (Lipinski definition) is 2. The van der Waals surface area contributed by atoms with Crippen molar-refractivity contribution in [1.82, 2.24) is 9.55 Å². The number of ketones is 1. The van der Waals surface area contributed by atoms with Crippen molar-refractivity contribution in [3.8, 4) is 0 Å². The molecule has 3 heteroatoms. The van der Waals surface area contributed by atoms with Crippen molar-refractivity contribution in [1.29, 1.82) is 0 Å². The van der Waals surface area contributed by atoms with Crippen molar-refractivity contribution in [3.63, 3.8) is 0 Å². The monoisotopic (exact) mass is 238 g/mol. The molecule has 0 saturated carbocycles. The number of fused-ring (bicyclic) bond motifs is 1. The molecule has 1 heterocycles. The highest BCUT2D eigenvalue weighted by Crippen LogP contribution is 2.28. The zero-order chi connectivity index (χ0) is 12.5. The number of allylic oxidation sites excluding steroid dienone is 1. The third-order valence-electron chi connectivity index (χ3n) is 3.29. The third-order valence-corrected chi connectivity index (χ3v) is 3.29. The molecule has 0 N–H and O–H groups in total. The molecule has 2 aromatic rings. The fourth-order valence-electron chi connectivity index (χ4n) is 2.36. The van der Waals surface area contributed by atoms with E-state index in [4.69, 9.17) is 0 Å². The van der Waals surface area contributed by atoms with E-state index < -0.39 is 0 Å². The Morgan fingerprint density at radius 2 is 2.00 bits per heavy atom. The third kappa shape index (κ3) is 1.78. The summed E-state index contributed by atoms with van der Waals surface area (Å²) < 4.78 is 2.02. The lowest BCUT2D eigenvalue weighted by Crippen LogP contribution is -2.13. The minimum absolute atomic E-state index is 0.129. The molecule has 3 nitrogen and oxygen atoms in total. The van der Waals surface area contributed by atoms with Crippen LogP contribution in [0.1, 0.15) is 34.6 Å². The fraction of sp³-hybridized carbons (Fsp3) is 0.200. The summed E-state index contributed by atoms with van der Waals surface area (Å²) in [5, 5.41) is 0. The highest BCUT2D eigenvalue weighted by molar-refractivity contribution is 6.01. The van der Waals surface area contributed by atoms with E-state index in [0.29, 0.717) is 12.1 Å². The lowest BCUT2D eigenvalue weighted by atomic mass is 9.95. The predicted octanol–water partition coefficient (Wildman–Crippen LogP) is 2.92. The van der Waals surface area contributed by atoms with Crippen molar-refractivity contribution < 1.29 is 4.79 Å². The van der Waals surface area contributed by atoms with E-state index in [2.05, 4.69) is 23.7 Å². The Kier molecular flexibility index (Phi) is 2.59. The van der Waals surface area contributed by atoms with Crippen LogP contribution in [-0.4, -0.2) is 15.3 Å². The number of aromatic nitrogens is 2. The maximum absolute atomic E-state index is 11.8. The second-order valence-electron chi connectivity index (χ2n) is 4.58. The van der Waals surface area contributed by atoms with Gasteiger partial charge in [-0.05, 0) is 17.6 Å². The molecule has 0 fully saturated rings. The van der Waals surface area contributed by atoms with Gasteiger partial charge in [0.05, 0.1) is 12.0 Å². The van der Waals surface area contributed by atoms with Gasteiger partial charge in [0.25, 0.3) is 0 Å². The number of benzene rings is 1. The quantitative estimate of drug-likeness (QED) is 0.806. The molecule has 0 unspecified atom stereocenters. The Bertz CT molecular complexity index is 611. The number of imidazole rings is 1. The molecule has 3 rings (SSSR count). The molecule has 1 aliphatic rings. The molecule has 1 aromatic heterocycles. The normalized spacial score (nSPS) is 14.7. The van der Waals surface area contributed by atoms with Gasteiger partial charge in [0, 0.05) is 13.0 Å². The number of Topliss-reactive ketones (excluding diaryl/α,β-unsaturated/α-hetero) is 1. The highest BCUT2D eigenvalue weighted by atomic mass is 16.1. The van der Waals surface area contributed by atoms with E-state index in [1.807, 2.05) is 22.8 Å². The van der Waals surface area contributed by atoms with Gasteiger partial charge in [-0.15, -0.1) is 0 Å². The standard InChI is InChI=1S/C15H14N2O/c1-11-7-8-13(18)14-15(11)17(10-16-14)9-12-5-3-2-4-6-12/h2-6,10H,1,7-9H2. The van der Waals surface area contributed by atoms with E-state index in [-0.39, 0.29) is 5.78 Å². The maximum atomic E-state index is 11.8. The summed E-state index contributed by atoms with van der Waals surface area (Å²) in [6, 6.07) is 10.2. The largest absolute Gasteiger partial charge is 0.326 e. The number of carbonyl (C=O) groups excluding carboxylic acids is 1. The zero-order valence-electron chi connectivity index (χ0n) is 10.1. The van der Waals surface area contributed by atoms with Gasteiger partial charge >= 0.3 is 0 Å². The first-order chi connectivity index (χ1) is 8.75. The van der Waals surface area contributed by atoms with Crippen LogP contribution in [0.4, 0.5) is 0 Å². The Hall–Kier alpha value is -2.16. The minimum Gasteiger partial charge on any atom is -0.326 e. The average molecular weight is 238 g/mol. The molecule has 0 spiro atoms. The van der Waals surface area contributed by atoms with Crippen LogP contribution in [0.25, 0.3) is 5.57 Å². The van der Waals surface area contributed by atoms with E-state index in [9.17, 15) is 4.79 Å². The van der Waals surface area contributed by atoms with Gasteiger partial charge < -0.3 is 4.57 Å². The summed E-state index contributed by atoms with van der Waals surface area (Å²) in [7, 11) is 0. The fourth-order valence-corrected chi connectivity index (χ4v) is 2.36. The summed E-state index contributed by atoms with van der Waals surface area (Å²) >= 11 is 0. The topological polar surface area (TPSA) is 34.9 Å². The molecule has 0 amide bonds. The summed E-state index contributed by atoms with van der Waals surface area (Å²) in [6.45, 7) is 4.78. The number of carbonyl (C=O) groups is 1. The van der Waals surface area contributed by atoms with Crippen molar-refractivity contribution in [2.24, 2.45) is 0 Å². The highest BCUT2D eigenvalue weighted by Gasteiger charge is 2.24. The predicted molar refractivity (Wildman–Crippen MR) is 70.4 cm³/mol. The van der Waals surface area contributed by atoms with Gasteiger partial charge in [-0.3, -0.25) is 4.79 Å². The Labute approximate surface area is 106 Å². The average Bonchev–Trinajstić information content (AvgIpc) is 2.80. The molecule has 18 heavy (non-hydrogen) atoms. The lowest BCUT2D eigenvalue weighted by molar-refractivity contribution is 0.0976. The summed E-state index contributed by atoms with van der Waals surface area (Å²) in [6.07, 6.45) is 3.02. The van der Waals surface area contributed by atoms with Gasteiger partial charge in [-0.1, -0.05) is 36.9 Å². The van der Waals surface area contributed by atoms with Gasteiger partial charge in [-0.2, -0.15) is 0 Å². The van der Waals surface area contributed by atoms with E-state index in [0.717, 1.165) is 24.2 Å². The SMILES string of the molecule is C=C1CCC(=O)c2ncn(Cc3ccccc3)c21. The molecule has 0 aliphatic heterocycles. The van der Waals surface area contributed by atoms with Crippen LogP contribution < -0.4 is 0 Å². The summed E-state index contributed by atoms with van der Waals surface area (Å²) in [5.41, 5.74) is 3.71. The van der Waals surface area contributed by atoms with Gasteiger partial charge in [0.2, 0.25) is 0 Å². The first-order valence-electron chi connectivity index (χ1n) is 6.06. The summed E-state index contributed by atoms with van der Waals surface area (Å²) in [4.78, 5) is 16.0. The van der Waals surface area contributed by atoms with Crippen LogP contribution in [0, 0.1) is 0 Å². The second kappa shape index (κ2) is 4.26. The van der Waals surface area contributed by atoms with E-state index in [1.165, 1.54) is 5.56 Å². The minimum atomic E-state index is 0.129. The molecule has 0 bridgehead atoms. The van der Waals surface area contributed by atoms with Gasteiger partial charge in [-0.25, -0.2) is 4.98 Å². The Morgan fingerprint density at radius 3 is 2.78 bits per heavy atom. The molecular weight excluding hydrogens is 224 g/mol. The van der Waals surface area contributed by atoms with Gasteiger partial charge in [0.1, 0.15) is 5.69 Å². The second-order valence-corrected chi connectivity index (χ2v) is 4.58. The van der Waals surface area contributed by atoms with Crippen LogP contribution in [0.5, 0.6) is 0 Å². The summed E-state index contributed by atoms with van der Waals surface area (Å²) in [5.74, 6) is 0.129. The molecule has 0 atom stereocenters. The molecule has 0 saturated heterocycles. The van der Waals surface area contributed by atoms with Crippen molar-refractivity contribution in [2.45, 2.75) is 19.4 Å². The maximum Gasteiger partial charge on any atom is 0.183 e. The number of hydrogen-bond donors (Lipinski definition) is 0. The number of nitrogens with zero attached hydrogens (tertiary/aromatic N) is 2. The van der Waals surface area contributed by atoms with Crippen LogP contribution in [0.2, 0.25) is 0 Å². The van der Waals surface area contributed by atoms with E-state index >= 15 is 0 Å². The Morgan fingerprint density at radius 1 is 1.22 bits per heavy atom. The molecule has 0 radical (unpaired) electrons. The van der Waals surface area contributed by atoms with Gasteiger partial charge in [0.15, 0.2) is 5.78 Å². The lowest BCUT2D eigenvalue weighted by Gasteiger charge is -2.15. The van der Waals surface area contributed by atoms with E-state index in [1.54, 1.807) is 6.33 Å².